The monoisotopic (exact) mass is 218 g/mol. The fraction of sp³-hybridized carbons (Fsp3) is 0.250. The molecule has 0 atom stereocenters. The average molecular weight is 218 g/mol. The summed E-state index contributed by atoms with van der Waals surface area (Å²) in [4.78, 5) is 5.55. The number of rotatable bonds is 2. The van der Waals surface area contributed by atoms with Gasteiger partial charge in [-0.25, -0.2) is 4.98 Å². The van der Waals surface area contributed by atoms with Gasteiger partial charge in [0.05, 0.1) is 11.2 Å². The molecule has 15 heavy (non-hydrogen) atoms. The highest BCUT2D eigenvalue weighted by molar-refractivity contribution is 7.10. The number of thiazole rings is 1. The second-order valence-corrected chi connectivity index (χ2v) is 4.59. The number of nitrogens with zero attached hydrogens (tertiary/aromatic N) is 1. The Hall–Kier alpha value is -1.19. The van der Waals surface area contributed by atoms with Gasteiger partial charge in [0.25, 0.3) is 0 Å². The van der Waals surface area contributed by atoms with Gasteiger partial charge in [-0.3, -0.25) is 0 Å². The lowest BCUT2D eigenvalue weighted by atomic mass is 10.0. The van der Waals surface area contributed by atoms with Gasteiger partial charge < -0.3 is 5.73 Å². The van der Waals surface area contributed by atoms with Crippen LogP contribution in [0.3, 0.4) is 0 Å². The van der Waals surface area contributed by atoms with E-state index in [1.807, 2.05) is 5.51 Å². The minimum absolute atomic E-state index is 0.563. The van der Waals surface area contributed by atoms with Gasteiger partial charge in [0.1, 0.15) is 0 Å². The molecule has 0 spiro atoms. The molecule has 78 valence electrons. The molecule has 2 rings (SSSR count). The van der Waals surface area contributed by atoms with Gasteiger partial charge in [0, 0.05) is 17.0 Å². The van der Waals surface area contributed by atoms with E-state index in [0.717, 1.165) is 10.6 Å². The highest BCUT2D eigenvalue weighted by Crippen LogP contribution is 2.28. The second kappa shape index (κ2) is 4.13. The average Bonchev–Trinajstić information content (AvgIpc) is 2.69. The Balaban J connectivity index is 2.58. The fourth-order valence-corrected chi connectivity index (χ4v) is 2.28. The van der Waals surface area contributed by atoms with E-state index in [0.29, 0.717) is 6.54 Å². The number of aryl methyl sites for hydroxylation is 2. The highest BCUT2D eigenvalue weighted by Gasteiger charge is 2.09. The van der Waals surface area contributed by atoms with Crippen LogP contribution < -0.4 is 5.73 Å². The minimum atomic E-state index is 0.563. The quantitative estimate of drug-likeness (QED) is 0.841. The van der Waals surface area contributed by atoms with E-state index in [1.165, 1.54) is 16.7 Å². The lowest BCUT2D eigenvalue weighted by Crippen LogP contribution is -1.96. The van der Waals surface area contributed by atoms with Crippen LogP contribution in [-0.4, -0.2) is 4.98 Å². The Morgan fingerprint density at radius 1 is 1.33 bits per heavy atom. The second-order valence-electron chi connectivity index (χ2n) is 3.65. The zero-order chi connectivity index (χ0) is 10.8. The summed E-state index contributed by atoms with van der Waals surface area (Å²) in [5.41, 5.74) is 12.3. The predicted molar refractivity (Wildman–Crippen MR) is 64.9 cm³/mol. The van der Waals surface area contributed by atoms with Gasteiger partial charge in [-0.05, 0) is 25.5 Å². The van der Waals surface area contributed by atoms with Crippen LogP contribution in [-0.2, 0) is 6.54 Å². The van der Waals surface area contributed by atoms with Crippen molar-refractivity contribution in [2.24, 2.45) is 5.73 Å². The standard InChI is InChI=1S/C12H14N2S/c1-8-3-4-9(2)10(5-8)12-11(6-13)15-7-14-12/h3-5,7H,6,13H2,1-2H3. The first-order valence-corrected chi connectivity index (χ1v) is 5.80. The largest absolute Gasteiger partial charge is 0.326 e. The summed E-state index contributed by atoms with van der Waals surface area (Å²) < 4.78 is 0. The molecule has 0 unspecified atom stereocenters. The first-order valence-electron chi connectivity index (χ1n) is 4.92. The maximum atomic E-state index is 5.69. The van der Waals surface area contributed by atoms with Gasteiger partial charge in [-0.1, -0.05) is 17.7 Å². The van der Waals surface area contributed by atoms with Crippen molar-refractivity contribution in [1.29, 1.82) is 0 Å². The van der Waals surface area contributed by atoms with Crippen LogP contribution in [0.1, 0.15) is 16.0 Å². The third-order valence-corrected chi connectivity index (χ3v) is 3.33. The zero-order valence-corrected chi connectivity index (χ0v) is 9.77. The first-order chi connectivity index (χ1) is 7.22. The molecule has 3 heteroatoms. The third kappa shape index (κ3) is 1.94. The molecular weight excluding hydrogens is 204 g/mol. The Kier molecular flexibility index (Phi) is 2.84. The van der Waals surface area contributed by atoms with Crippen molar-refractivity contribution in [3.8, 4) is 11.3 Å². The summed E-state index contributed by atoms with van der Waals surface area (Å²) in [7, 11) is 0. The molecule has 0 aliphatic rings. The minimum Gasteiger partial charge on any atom is -0.326 e. The van der Waals surface area contributed by atoms with Gasteiger partial charge in [0.2, 0.25) is 0 Å². The third-order valence-electron chi connectivity index (χ3n) is 2.47. The van der Waals surface area contributed by atoms with Crippen LogP contribution in [0.2, 0.25) is 0 Å². The smallest absolute Gasteiger partial charge is 0.0859 e. The van der Waals surface area contributed by atoms with Crippen molar-refractivity contribution in [3.05, 3.63) is 39.7 Å². The van der Waals surface area contributed by atoms with Crippen molar-refractivity contribution in [1.82, 2.24) is 4.98 Å². The molecule has 0 fully saturated rings. The molecule has 1 heterocycles. The number of benzene rings is 1. The van der Waals surface area contributed by atoms with Crippen molar-refractivity contribution in [3.63, 3.8) is 0 Å². The molecule has 0 saturated carbocycles. The molecule has 0 aliphatic heterocycles. The van der Waals surface area contributed by atoms with Gasteiger partial charge in [0.15, 0.2) is 0 Å². The van der Waals surface area contributed by atoms with Gasteiger partial charge in [-0.2, -0.15) is 0 Å². The summed E-state index contributed by atoms with van der Waals surface area (Å²) in [6.07, 6.45) is 0. The molecule has 1 aromatic carbocycles. The van der Waals surface area contributed by atoms with E-state index < -0.39 is 0 Å². The Labute approximate surface area is 93.8 Å². The van der Waals surface area contributed by atoms with E-state index in [9.17, 15) is 0 Å². The lowest BCUT2D eigenvalue weighted by molar-refractivity contribution is 1.10. The maximum Gasteiger partial charge on any atom is 0.0859 e. The molecule has 0 amide bonds. The van der Waals surface area contributed by atoms with Crippen LogP contribution in [0.5, 0.6) is 0 Å². The summed E-state index contributed by atoms with van der Waals surface area (Å²) in [6, 6.07) is 6.42. The topological polar surface area (TPSA) is 38.9 Å². The highest BCUT2D eigenvalue weighted by atomic mass is 32.1. The van der Waals surface area contributed by atoms with E-state index in [-0.39, 0.29) is 0 Å². The number of nitrogens with two attached hydrogens (primary N) is 1. The molecule has 0 aliphatic carbocycles. The van der Waals surface area contributed by atoms with Crippen LogP contribution in [0.15, 0.2) is 23.7 Å². The van der Waals surface area contributed by atoms with E-state index in [1.54, 1.807) is 11.3 Å². The molecule has 0 radical (unpaired) electrons. The fourth-order valence-electron chi connectivity index (χ4n) is 1.63. The normalized spacial score (nSPS) is 10.6. The summed E-state index contributed by atoms with van der Waals surface area (Å²) in [5, 5.41) is 0. The van der Waals surface area contributed by atoms with Crippen LogP contribution in [0.25, 0.3) is 11.3 Å². The lowest BCUT2D eigenvalue weighted by Gasteiger charge is -2.06. The zero-order valence-electron chi connectivity index (χ0n) is 8.95. The summed E-state index contributed by atoms with van der Waals surface area (Å²) in [5.74, 6) is 0. The number of hydrogen-bond acceptors (Lipinski definition) is 3. The molecular formula is C12H14N2S. The summed E-state index contributed by atoms with van der Waals surface area (Å²) in [6.45, 7) is 4.76. The van der Waals surface area contributed by atoms with Crippen molar-refractivity contribution in [2.75, 3.05) is 0 Å². The molecule has 0 saturated heterocycles. The molecule has 0 bridgehead atoms. The van der Waals surface area contributed by atoms with Gasteiger partial charge >= 0.3 is 0 Å². The number of aromatic nitrogens is 1. The molecule has 2 nitrogen and oxygen atoms in total. The first kappa shape index (κ1) is 10.3. The summed E-state index contributed by atoms with van der Waals surface area (Å²) >= 11 is 1.62. The molecule has 2 aromatic rings. The Bertz CT molecular complexity index is 474. The van der Waals surface area contributed by atoms with Crippen molar-refractivity contribution >= 4 is 11.3 Å². The molecule has 1 aromatic heterocycles. The van der Waals surface area contributed by atoms with Crippen molar-refractivity contribution < 1.29 is 0 Å². The Morgan fingerprint density at radius 3 is 2.87 bits per heavy atom. The predicted octanol–water partition coefficient (Wildman–Crippen LogP) is 2.89. The van der Waals surface area contributed by atoms with Crippen molar-refractivity contribution in [2.45, 2.75) is 20.4 Å². The Morgan fingerprint density at radius 2 is 2.13 bits per heavy atom. The van der Waals surface area contributed by atoms with Crippen LogP contribution in [0, 0.1) is 13.8 Å². The maximum absolute atomic E-state index is 5.69. The number of hydrogen-bond donors (Lipinski definition) is 1. The van der Waals surface area contributed by atoms with E-state index >= 15 is 0 Å². The molecule has 2 N–H and O–H groups in total. The van der Waals surface area contributed by atoms with Gasteiger partial charge in [-0.15, -0.1) is 11.3 Å². The van der Waals surface area contributed by atoms with E-state index in [4.69, 9.17) is 5.73 Å². The SMILES string of the molecule is Cc1ccc(C)c(-c2ncsc2CN)c1. The van der Waals surface area contributed by atoms with E-state index in [2.05, 4.69) is 37.0 Å². The van der Waals surface area contributed by atoms with Crippen LogP contribution >= 0.6 is 11.3 Å². The van der Waals surface area contributed by atoms with Crippen LogP contribution in [0.4, 0.5) is 0 Å².